The molecule has 2 aromatic rings. The van der Waals surface area contributed by atoms with Crippen LogP contribution in [0.1, 0.15) is 24.0 Å². The summed E-state index contributed by atoms with van der Waals surface area (Å²) in [4.78, 5) is 26.3. The van der Waals surface area contributed by atoms with Gasteiger partial charge in [-0.05, 0) is 36.1 Å². The summed E-state index contributed by atoms with van der Waals surface area (Å²) in [5, 5.41) is 0. The van der Waals surface area contributed by atoms with Gasteiger partial charge >= 0.3 is 5.97 Å². The number of hydrogen-bond donors (Lipinski definition) is 0. The number of amides is 1. The molecule has 5 heteroatoms. The monoisotopic (exact) mass is 353 g/mol. The van der Waals surface area contributed by atoms with Gasteiger partial charge in [0.05, 0.1) is 12.5 Å². The fraction of sp³-hybridized carbons (Fsp3) is 0.333. The fourth-order valence-electron chi connectivity index (χ4n) is 2.96. The first-order valence-corrected chi connectivity index (χ1v) is 8.65. The van der Waals surface area contributed by atoms with Crippen molar-refractivity contribution < 1.29 is 19.1 Å². The first-order chi connectivity index (χ1) is 12.5. The van der Waals surface area contributed by atoms with Gasteiger partial charge in [0.25, 0.3) is 5.91 Å². The van der Waals surface area contributed by atoms with Crippen molar-refractivity contribution in [2.45, 2.75) is 24.8 Å². The van der Waals surface area contributed by atoms with E-state index in [0.29, 0.717) is 6.54 Å². The first kappa shape index (κ1) is 18.0. The molecule has 0 heterocycles. The molecule has 0 saturated heterocycles. The number of esters is 1. The van der Waals surface area contributed by atoms with E-state index in [9.17, 15) is 9.59 Å². The van der Waals surface area contributed by atoms with Crippen LogP contribution in [0.2, 0.25) is 0 Å². The molecule has 1 saturated carbocycles. The van der Waals surface area contributed by atoms with Crippen molar-refractivity contribution in [2.75, 3.05) is 20.8 Å². The highest BCUT2D eigenvalue weighted by atomic mass is 16.5. The van der Waals surface area contributed by atoms with E-state index in [1.165, 1.54) is 0 Å². The number of nitrogens with zero attached hydrogens (tertiary/aromatic N) is 1. The van der Waals surface area contributed by atoms with E-state index in [4.69, 9.17) is 9.47 Å². The van der Waals surface area contributed by atoms with Crippen molar-refractivity contribution in [3.63, 3.8) is 0 Å². The fourth-order valence-corrected chi connectivity index (χ4v) is 2.96. The second-order valence-corrected chi connectivity index (χ2v) is 6.62. The number of likely N-dealkylation sites (N-methyl/N-ethyl adjacent to an activating group) is 1. The highest BCUT2D eigenvalue weighted by molar-refractivity contribution is 5.88. The van der Waals surface area contributed by atoms with Gasteiger partial charge in [0, 0.05) is 13.6 Å². The van der Waals surface area contributed by atoms with Gasteiger partial charge in [0.2, 0.25) is 0 Å². The Morgan fingerprint density at radius 3 is 2.27 bits per heavy atom. The van der Waals surface area contributed by atoms with Gasteiger partial charge in [-0.1, -0.05) is 42.5 Å². The molecular formula is C21H23NO4. The first-order valence-electron chi connectivity index (χ1n) is 8.65. The summed E-state index contributed by atoms with van der Waals surface area (Å²) >= 11 is 0. The molecule has 0 atom stereocenters. The van der Waals surface area contributed by atoms with Crippen molar-refractivity contribution in [3.05, 3.63) is 65.7 Å². The van der Waals surface area contributed by atoms with Gasteiger partial charge in [0.1, 0.15) is 5.75 Å². The maximum atomic E-state index is 12.5. The zero-order valence-electron chi connectivity index (χ0n) is 15.1. The third-order valence-electron chi connectivity index (χ3n) is 4.80. The van der Waals surface area contributed by atoms with E-state index in [2.05, 4.69) is 0 Å². The minimum Gasteiger partial charge on any atom is -0.497 e. The molecule has 0 spiro atoms. The van der Waals surface area contributed by atoms with Crippen LogP contribution in [0.15, 0.2) is 54.6 Å². The number of ether oxygens (including phenoxy) is 2. The van der Waals surface area contributed by atoms with Gasteiger partial charge in [-0.15, -0.1) is 0 Å². The Balaban J connectivity index is 1.52. The highest BCUT2D eigenvalue weighted by Crippen LogP contribution is 2.49. The van der Waals surface area contributed by atoms with E-state index < -0.39 is 5.41 Å². The molecule has 0 bridgehead atoms. The average molecular weight is 353 g/mol. The summed E-state index contributed by atoms with van der Waals surface area (Å²) < 4.78 is 10.5. The molecule has 26 heavy (non-hydrogen) atoms. The molecule has 2 aromatic carbocycles. The average Bonchev–Trinajstić information content (AvgIpc) is 3.49. The van der Waals surface area contributed by atoms with Crippen LogP contribution in [0.3, 0.4) is 0 Å². The smallest absolute Gasteiger partial charge is 0.317 e. The lowest BCUT2D eigenvalue weighted by molar-refractivity contribution is -0.154. The van der Waals surface area contributed by atoms with Crippen LogP contribution in [0.4, 0.5) is 0 Å². The molecule has 1 aliphatic carbocycles. The number of rotatable bonds is 7. The summed E-state index contributed by atoms with van der Waals surface area (Å²) in [6.07, 6.45) is 1.54. The number of carbonyl (C=O) groups is 2. The quantitative estimate of drug-likeness (QED) is 0.718. The Morgan fingerprint density at radius 2 is 1.69 bits per heavy atom. The third kappa shape index (κ3) is 3.87. The molecule has 3 rings (SSSR count). The number of carbonyl (C=O) groups excluding carboxylic acids is 2. The maximum absolute atomic E-state index is 12.5. The van der Waals surface area contributed by atoms with Crippen LogP contribution in [0.5, 0.6) is 5.75 Å². The standard InChI is InChI=1S/C21H23NO4/c1-22(14-16-8-10-18(25-2)11-9-16)19(23)15-26-20(24)21(12-13-21)17-6-4-3-5-7-17/h3-11H,12-15H2,1-2H3. The topological polar surface area (TPSA) is 55.8 Å². The molecule has 1 amide bonds. The lowest BCUT2D eigenvalue weighted by Crippen LogP contribution is -2.33. The van der Waals surface area contributed by atoms with Crippen molar-refractivity contribution in [1.82, 2.24) is 4.90 Å². The predicted molar refractivity (Wildman–Crippen MR) is 97.8 cm³/mol. The van der Waals surface area contributed by atoms with Crippen LogP contribution in [0, 0.1) is 0 Å². The van der Waals surface area contributed by atoms with Crippen LogP contribution < -0.4 is 4.74 Å². The van der Waals surface area contributed by atoms with Crippen LogP contribution >= 0.6 is 0 Å². The maximum Gasteiger partial charge on any atom is 0.317 e. The van der Waals surface area contributed by atoms with Crippen molar-refractivity contribution in [2.24, 2.45) is 0 Å². The third-order valence-corrected chi connectivity index (χ3v) is 4.80. The van der Waals surface area contributed by atoms with Crippen molar-refractivity contribution >= 4 is 11.9 Å². The van der Waals surface area contributed by atoms with Gasteiger partial charge in [-0.25, -0.2) is 0 Å². The summed E-state index contributed by atoms with van der Waals surface area (Å²) in [7, 11) is 3.31. The van der Waals surface area contributed by atoms with Crippen LogP contribution in [-0.2, 0) is 26.3 Å². The molecule has 0 unspecified atom stereocenters. The van der Waals surface area contributed by atoms with Gasteiger partial charge in [-0.2, -0.15) is 0 Å². The van der Waals surface area contributed by atoms with Gasteiger partial charge < -0.3 is 14.4 Å². The number of benzene rings is 2. The summed E-state index contributed by atoms with van der Waals surface area (Å²) in [5.74, 6) is 0.236. The van der Waals surface area contributed by atoms with Crippen LogP contribution in [0.25, 0.3) is 0 Å². The van der Waals surface area contributed by atoms with Crippen LogP contribution in [-0.4, -0.2) is 37.5 Å². The number of hydrogen-bond acceptors (Lipinski definition) is 4. The Kier molecular flexibility index (Phi) is 5.26. The normalized spacial score (nSPS) is 14.4. The molecule has 0 N–H and O–H groups in total. The highest BCUT2D eigenvalue weighted by Gasteiger charge is 2.52. The second kappa shape index (κ2) is 7.60. The molecule has 0 aliphatic heterocycles. The van der Waals surface area contributed by atoms with Gasteiger partial charge in [0.15, 0.2) is 6.61 Å². The van der Waals surface area contributed by atoms with E-state index in [0.717, 1.165) is 29.7 Å². The molecular weight excluding hydrogens is 330 g/mol. The molecule has 0 radical (unpaired) electrons. The molecule has 1 fully saturated rings. The molecule has 1 aliphatic rings. The second-order valence-electron chi connectivity index (χ2n) is 6.62. The van der Waals surface area contributed by atoms with E-state index in [1.807, 2.05) is 54.6 Å². The molecule has 0 aromatic heterocycles. The Bertz CT molecular complexity index is 766. The Hall–Kier alpha value is -2.82. The SMILES string of the molecule is COc1ccc(CN(C)C(=O)COC(=O)C2(c3ccccc3)CC2)cc1. The van der Waals surface area contributed by atoms with Gasteiger partial charge in [-0.3, -0.25) is 9.59 Å². The van der Waals surface area contributed by atoms with Crippen molar-refractivity contribution in [1.29, 1.82) is 0 Å². The van der Waals surface area contributed by atoms with Crippen molar-refractivity contribution in [3.8, 4) is 5.75 Å². The summed E-state index contributed by atoms with van der Waals surface area (Å²) in [5.41, 5.74) is 1.38. The lowest BCUT2D eigenvalue weighted by atomic mass is 9.96. The van der Waals surface area contributed by atoms with E-state index >= 15 is 0 Å². The Labute approximate surface area is 153 Å². The lowest BCUT2D eigenvalue weighted by Gasteiger charge is -2.19. The zero-order chi connectivity index (χ0) is 18.6. The number of methoxy groups -OCH3 is 1. The predicted octanol–water partition coefficient (Wildman–Crippen LogP) is 2.93. The van der Waals surface area contributed by atoms with E-state index in [-0.39, 0.29) is 18.5 Å². The molecule has 136 valence electrons. The minimum absolute atomic E-state index is 0.224. The summed E-state index contributed by atoms with van der Waals surface area (Å²) in [6.45, 7) is 0.213. The van der Waals surface area contributed by atoms with E-state index in [1.54, 1.807) is 19.1 Å². The largest absolute Gasteiger partial charge is 0.497 e. The molecule has 5 nitrogen and oxygen atoms in total. The summed E-state index contributed by atoms with van der Waals surface area (Å²) in [6, 6.07) is 17.1. The zero-order valence-corrected chi connectivity index (χ0v) is 15.1. The minimum atomic E-state index is -0.559. The Morgan fingerprint density at radius 1 is 1.04 bits per heavy atom.